The number of nitrogens with zero attached hydrogens (tertiary/aromatic N) is 1. The minimum absolute atomic E-state index is 0.0547. The van der Waals surface area contributed by atoms with Gasteiger partial charge in [-0.1, -0.05) is 13.8 Å². The molecule has 1 N–H and O–H groups in total. The molecule has 1 heterocycles. The maximum absolute atomic E-state index is 12.6. The third kappa shape index (κ3) is 3.82. The first kappa shape index (κ1) is 15.5. The molecule has 5 heteroatoms. The highest BCUT2D eigenvalue weighted by Gasteiger charge is 2.28. The monoisotopic (exact) mass is 291 g/mol. The Morgan fingerprint density at radius 3 is 2.48 bits per heavy atom. The fourth-order valence-electron chi connectivity index (χ4n) is 2.58. The van der Waals surface area contributed by atoms with Crippen LogP contribution in [0.25, 0.3) is 0 Å². The lowest BCUT2D eigenvalue weighted by molar-refractivity contribution is -0.00747. The van der Waals surface area contributed by atoms with Gasteiger partial charge in [-0.05, 0) is 36.6 Å². The van der Waals surface area contributed by atoms with Crippen LogP contribution in [0, 0.1) is 5.92 Å². The van der Waals surface area contributed by atoms with Gasteiger partial charge < -0.3 is 14.7 Å². The molecule has 1 atom stereocenters. The van der Waals surface area contributed by atoms with E-state index in [1.165, 1.54) is 12.1 Å². The van der Waals surface area contributed by atoms with Gasteiger partial charge in [0.2, 0.25) is 0 Å². The fourth-order valence-corrected chi connectivity index (χ4v) is 2.58. The molecule has 0 saturated carbocycles. The Balaban J connectivity index is 2.14. The summed E-state index contributed by atoms with van der Waals surface area (Å²) in [5.41, 5.74) is 0.711. The Morgan fingerprint density at radius 2 is 1.90 bits per heavy atom. The third-order valence-electron chi connectivity index (χ3n) is 3.61. The average molecular weight is 291 g/mol. The summed E-state index contributed by atoms with van der Waals surface area (Å²) in [4.78, 5) is 25.3. The van der Waals surface area contributed by atoms with Crippen molar-refractivity contribution >= 4 is 11.9 Å². The molecular weight excluding hydrogens is 270 g/mol. The average Bonchev–Trinajstić information content (AvgIpc) is 2.46. The normalized spacial score (nSPS) is 18.8. The lowest BCUT2D eigenvalue weighted by Crippen LogP contribution is -2.49. The first-order valence-electron chi connectivity index (χ1n) is 7.21. The molecule has 1 saturated heterocycles. The van der Waals surface area contributed by atoms with Gasteiger partial charge in [-0.3, -0.25) is 4.79 Å². The standard InChI is InChI=1S/C16H21NO4/c1-11(2)9-14-10-21-8-7-17(14)15(18)12-3-5-13(6-4-12)16(19)20/h3-6,11,14H,7-10H2,1-2H3,(H,19,20). The number of carboxylic acids is 1. The van der Waals surface area contributed by atoms with Gasteiger partial charge in [0.15, 0.2) is 0 Å². The maximum Gasteiger partial charge on any atom is 0.335 e. The van der Waals surface area contributed by atoms with Crippen LogP contribution in [0.4, 0.5) is 0 Å². The van der Waals surface area contributed by atoms with Crippen LogP contribution in [0.2, 0.25) is 0 Å². The van der Waals surface area contributed by atoms with Crippen LogP contribution in [-0.2, 0) is 4.74 Å². The number of aromatic carboxylic acids is 1. The molecule has 1 aliphatic rings. The number of ether oxygens (including phenoxy) is 1. The van der Waals surface area contributed by atoms with Gasteiger partial charge in [0.25, 0.3) is 5.91 Å². The van der Waals surface area contributed by atoms with Crippen LogP contribution < -0.4 is 0 Å². The van der Waals surface area contributed by atoms with Crippen LogP contribution >= 0.6 is 0 Å². The summed E-state index contributed by atoms with van der Waals surface area (Å²) in [5, 5.41) is 8.89. The summed E-state index contributed by atoms with van der Waals surface area (Å²) >= 11 is 0. The van der Waals surface area contributed by atoms with Gasteiger partial charge in [-0.25, -0.2) is 4.79 Å². The van der Waals surface area contributed by atoms with Crippen molar-refractivity contribution in [3.05, 3.63) is 35.4 Å². The molecule has 0 aromatic heterocycles. The molecule has 1 aromatic rings. The highest BCUT2D eigenvalue weighted by atomic mass is 16.5. The smallest absolute Gasteiger partial charge is 0.335 e. The van der Waals surface area contributed by atoms with Crippen molar-refractivity contribution in [2.45, 2.75) is 26.3 Å². The Labute approximate surface area is 124 Å². The van der Waals surface area contributed by atoms with E-state index in [0.29, 0.717) is 31.2 Å². The lowest BCUT2D eigenvalue weighted by atomic mass is 10.0. The number of hydrogen-bond acceptors (Lipinski definition) is 3. The Kier molecular flexibility index (Phi) is 4.96. The Hall–Kier alpha value is -1.88. The predicted octanol–water partition coefficient (Wildman–Crippen LogP) is 2.27. The molecule has 1 aromatic carbocycles. The van der Waals surface area contributed by atoms with Crippen molar-refractivity contribution in [2.75, 3.05) is 19.8 Å². The molecule has 1 fully saturated rings. The van der Waals surface area contributed by atoms with E-state index in [2.05, 4.69) is 13.8 Å². The number of morpholine rings is 1. The lowest BCUT2D eigenvalue weighted by Gasteiger charge is -2.36. The quantitative estimate of drug-likeness (QED) is 0.924. The molecule has 1 amide bonds. The van der Waals surface area contributed by atoms with Crippen molar-refractivity contribution in [1.29, 1.82) is 0 Å². The number of benzene rings is 1. The van der Waals surface area contributed by atoms with Crippen LogP contribution in [0.1, 0.15) is 41.0 Å². The summed E-state index contributed by atoms with van der Waals surface area (Å²) < 4.78 is 5.48. The molecule has 114 valence electrons. The highest BCUT2D eigenvalue weighted by molar-refractivity contribution is 5.96. The summed E-state index contributed by atoms with van der Waals surface area (Å²) in [6, 6.07) is 6.17. The van der Waals surface area contributed by atoms with E-state index < -0.39 is 5.97 Å². The number of hydrogen-bond donors (Lipinski definition) is 1. The molecule has 5 nitrogen and oxygen atoms in total. The molecule has 21 heavy (non-hydrogen) atoms. The molecule has 0 aliphatic carbocycles. The molecular formula is C16H21NO4. The molecule has 1 unspecified atom stereocenters. The second kappa shape index (κ2) is 6.72. The second-order valence-corrected chi connectivity index (χ2v) is 5.74. The largest absolute Gasteiger partial charge is 0.478 e. The number of amides is 1. The predicted molar refractivity (Wildman–Crippen MR) is 78.5 cm³/mol. The van der Waals surface area contributed by atoms with Crippen molar-refractivity contribution in [3.8, 4) is 0 Å². The van der Waals surface area contributed by atoms with Gasteiger partial charge in [0.1, 0.15) is 0 Å². The number of carbonyl (C=O) groups excluding carboxylic acids is 1. The number of carbonyl (C=O) groups is 2. The van der Waals surface area contributed by atoms with E-state index in [4.69, 9.17) is 9.84 Å². The van der Waals surface area contributed by atoms with E-state index in [0.717, 1.165) is 6.42 Å². The van der Waals surface area contributed by atoms with Gasteiger partial charge in [-0.2, -0.15) is 0 Å². The molecule has 2 rings (SSSR count). The van der Waals surface area contributed by atoms with E-state index >= 15 is 0 Å². The van der Waals surface area contributed by atoms with Crippen molar-refractivity contribution in [1.82, 2.24) is 4.90 Å². The van der Waals surface area contributed by atoms with E-state index in [1.807, 2.05) is 4.90 Å². The Morgan fingerprint density at radius 1 is 1.29 bits per heavy atom. The van der Waals surface area contributed by atoms with E-state index in [9.17, 15) is 9.59 Å². The van der Waals surface area contributed by atoms with Crippen LogP contribution in [-0.4, -0.2) is 47.7 Å². The highest BCUT2D eigenvalue weighted by Crippen LogP contribution is 2.18. The van der Waals surface area contributed by atoms with Gasteiger partial charge in [-0.15, -0.1) is 0 Å². The van der Waals surface area contributed by atoms with E-state index in [-0.39, 0.29) is 17.5 Å². The first-order chi connectivity index (χ1) is 9.99. The zero-order chi connectivity index (χ0) is 15.4. The summed E-state index contributed by atoms with van der Waals surface area (Å²) in [5.74, 6) is -0.555. The summed E-state index contributed by atoms with van der Waals surface area (Å²) in [6.45, 7) is 5.94. The topological polar surface area (TPSA) is 66.8 Å². The number of rotatable bonds is 4. The SMILES string of the molecule is CC(C)CC1COCCN1C(=O)c1ccc(C(=O)O)cc1. The minimum atomic E-state index is -0.988. The van der Waals surface area contributed by atoms with Gasteiger partial charge in [0, 0.05) is 12.1 Å². The number of carboxylic acid groups (broad SMARTS) is 1. The summed E-state index contributed by atoms with van der Waals surface area (Å²) in [6.07, 6.45) is 0.902. The van der Waals surface area contributed by atoms with Crippen LogP contribution in [0.15, 0.2) is 24.3 Å². The van der Waals surface area contributed by atoms with Crippen LogP contribution in [0.5, 0.6) is 0 Å². The van der Waals surface area contributed by atoms with Gasteiger partial charge in [0.05, 0.1) is 24.8 Å². The first-order valence-corrected chi connectivity index (χ1v) is 7.21. The minimum Gasteiger partial charge on any atom is -0.478 e. The molecule has 0 bridgehead atoms. The molecule has 1 aliphatic heterocycles. The van der Waals surface area contributed by atoms with Crippen LogP contribution in [0.3, 0.4) is 0 Å². The zero-order valence-electron chi connectivity index (χ0n) is 12.4. The Bertz CT molecular complexity index is 510. The van der Waals surface area contributed by atoms with E-state index in [1.54, 1.807) is 12.1 Å². The maximum atomic E-state index is 12.6. The summed E-state index contributed by atoms with van der Waals surface area (Å²) in [7, 11) is 0. The van der Waals surface area contributed by atoms with Gasteiger partial charge >= 0.3 is 5.97 Å². The molecule has 0 spiro atoms. The zero-order valence-corrected chi connectivity index (χ0v) is 12.4. The fraction of sp³-hybridized carbons (Fsp3) is 0.500. The third-order valence-corrected chi connectivity index (χ3v) is 3.61. The van der Waals surface area contributed by atoms with Crippen molar-refractivity contribution < 1.29 is 19.4 Å². The van der Waals surface area contributed by atoms with Crippen molar-refractivity contribution in [3.63, 3.8) is 0 Å². The second-order valence-electron chi connectivity index (χ2n) is 5.74. The van der Waals surface area contributed by atoms with Crippen molar-refractivity contribution in [2.24, 2.45) is 5.92 Å². The molecule has 0 radical (unpaired) electrons.